The number of hydrogen-bond acceptors (Lipinski definition) is 5. The van der Waals surface area contributed by atoms with E-state index in [4.69, 9.17) is 0 Å². The van der Waals surface area contributed by atoms with Gasteiger partial charge in [-0.2, -0.15) is 5.26 Å². The predicted molar refractivity (Wildman–Crippen MR) is 104 cm³/mol. The molecule has 0 radical (unpaired) electrons. The van der Waals surface area contributed by atoms with Crippen LogP contribution in [0.2, 0.25) is 0 Å². The zero-order valence-electron chi connectivity index (χ0n) is 16.3. The fourth-order valence-electron chi connectivity index (χ4n) is 5.74. The molecular formula is C22H33NO4. The highest BCUT2D eigenvalue weighted by atomic mass is 17.1. The van der Waals surface area contributed by atoms with Crippen LogP contribution in [0.4, 0.5) is 0 Å². The van der Waals surface area contributed by atoms with Crippen LogP contribution in [0.3, 0.4) is 0 Å². The topological polar surface area (TPSA) is 70.0 Å². The average Bonchev–Trinajstić information content (AvgIpc) is 3.25. The van der Waals surface area contributed by atoms with Crippen LogP contribution in [0.25, 0.3) is 0 Å². The van der Waals surface area contributed by atoms with Gasteiger partial charge in [-0.1, -0.05) is 43.2 Å². The van der Waals surface area contributed by atoms with Crippen molar-refractivity contribution < 1.29 is 20.0 Å². The predicted octanol–water partition coefficient (Wildman–Crippen LogP) is 3.61. The molecule has 2 aliphatic carbocycles. The summed E-state index contributed by atoms with van der Waals surface area (Å²) in [5.74, 6) is -0.0922. The van der Waals surface area contributed by atoms with Crippen LogP contribution in [0.1, 0.15) is 56.9 Å². The smallest absolute Gasteiger partial charge is 0.353 e. The first-order valence-corrected chi connectivity index (χ1v) is 10.4. The summed E-state index contributed by atoms with van der Waals surface area (Å²) < 4.78 is 0. The third kappa shape index (κ3) is 3.91. The van der Waals surface area contributed by atoms with Crippen molar-refractivity contribution in [2.75, 3.05) is 20.2 Å². The fourth-order valence-corrected chi connectivity index (χ4v) is 5.74. The maximum Gasteiger partial charge on any atom is 0.353 e. The van der Waals surface area contributed by atoms with E-state index in [1.165, 1.54) is 0 Å². The molecule has 0 unspecified atom stereocenters. The van der Waals surface area contributed by atoms with Crippen LogP contribution >= 0.6 is 0 Å². The number of rotatable bonds is 7. The molecule has 0 aliphatic heterocycles. The molecule has 1 atom stereocenters. The van der Waals surface area contributed by atoms with E-state index in [2.05, 4.69) is 16.8 Å². The van der Waals surface area contributed by atoms with Gasteiger partial charge in [-0.15, -0.1) is 0 Å². The monoisotopic (exact) mass is 375 g/mol. The Morgan fingerprint density at radius 1 is 1.07 bits per heavy atom. The van der Waals surface area contributed by atoms with Crippen molar-refractivity contribution >= 4 is 5.97 Å². The van der Waals surface area contributed by atoms with Crippen LogP contribution < -0.4 is 0 Å². The number of aliphatic hydroxyl groups is 1. The zero-order valence-corrected chi connectivity index (χ0v) is 16.3. The SMILES string of the molecule is CN(CCO)C1CCC([C@@](C(=O)OO)(c2ccccc2)C2CCCC2)CC1. The van der Waals surface area contributed by atoms with Crippen molar-refractivity contribution in [1.29, 1.82) is 0 Å². The molecule has 0 heterocycles. The second kappa shape index (κ2) is 9.18. The molecule has 5 nitrogen and oxygen atoms in total. The number of likely N-dealkylation sites (N-methyl/N-ethyl adjacent to an activating group) is 1. The van der Waals surface area contributed by atoms with Gasteiger partial charge in [0.1, 0.15) is 5.41 Å². The second-order valence-electron chi connectivity index (χ2n) is 8.30. The molecule has 5 heteroatoms. The Hall–Kier alpha value is -1.43. The quantitative estimate of drug-likeness (QED) is 0.563. The Morgan fingerprint density at radius 3 is 2.22 bits per heavy atom. The van der Waals surface area contributed by atoms with Gasteiger partial charge in [0.05, 0.1) is 6.61 Å². The lowest BCUT2D eigenvalue weighted by Gasteiger charge is -2.46. The minimum Gasteiger partial charge on any atom is -0.395 e. The van der Waals surface area contributed by atoms with Gasteiger partial charge < -0.3 is 10.0 Å². The van der Waals surface area contributed by atoms with E-state index < -0.39 is 11.4 Å². The van der Waals surface area contributed by atoms with E-state index in [1.54, 1.807) is 0 Å². The van der Waals surface area contributed by atoms with Crippen LogP contribution in [0.5, 0.6) is 0 Å². The van der Waals surface area contributed by atoms with Gasteiger partial charge >= 0.3 is 5.97 Å². The minimum atomic E-state index is -0.757. The van der Waals surface area contributed by atoms with Gasteiger partial charge in [-0.05, 0) is 63.0 Å². The molecule has 1 aromatic rings. The summed E-state index contributed by atoms with van der Waals surface area (Å²) in [6, 6.07) is 10.4. The standard InChI is InChI=1S/C22H33NO4/c1-23(15-16-24)20-13-11-19(12-14-20)22(21(25)27-26,18-9-5-6-10-18)17-7-3-2-4-8-17/h2-4,7-8,18-20,24,26H,5-6,9-16H2,1H3/t19?,20?,22-/m1/s1. The van der Waals surface area contributed by atoms with E-state index >= 15 is 0 Å². The summed E-state index contributed by atoms with van der Waals surface area (Å²) in [5, 5.41) is 18.7. The molecule has 150 valence electrons. The number of benzene rings is 1. The Bertz CT molecular complexity index is 594. The first-order valence-electron chi connectivity index (χ1n) is 10.4. The zero-order chi connectivity index (χ0) is 19.3. The minimum absolute atomic E-state index is 0.168. The van der Waals surface area contributed by atoms with Crippen LogP contribution in [0, 0.1) is 11.8 Å². The van der Waals surface area contributed by atoms with Gasteiger partial charge in [-0.25, -0.2) is 4.79 Å². The fraction of sp³-hybridized carbons (Fsp3) is 0.682. The van der Waals surface area contributed by atoms with Gasteiger partial charge in [-0.3, -0.25) is 4.89 Å². The molecule has 0 bridgehead atoms. The summed E-state index contributed by atoms with van der Waals surface area (Å²) in [6.45, 7) is 0.851. The summed E-state index contributed by atoms with van der Waals surface area (Å²) in [6.07, 6.45) is 8.14. The summed E-state index contributed by atoms with van der Waals surface area (Å²) in [5.41, 5.74) is 0.232. The molecule has 2 saturated carbocycles. The largest absolute Gasteiger partial charge is 0.395 e. The van der Waals surface area contributed by atoms with E-state index in [-0.39, 0.29) is 18.4 Å². The normalized spacial score (nSPS) is 26.1. The molecule has 0 saturated heterocycles. The molecule has 0 aromatic heterocycles. The maximum atomic E-state index is 13.1. The first-order chi connectivity index (χ1) is 13.1. The number of carbonyl (C=O) groups is 1. The Morgan fingerprint density at radius 2 is 1.67 bits per heavy atom. The van der Waals surface area contributed by atoms with Crippen LogP contribution in [0.15, 0.2) is 30.3 Å². The van der Waals surface area contributed by atoms with Crippen molar-refractivity contribution in [1.82, 2.24) is 4.90 Å². The molecule has 27 heavy (non-hydrogen) atoms. The number of nitrogens with zero attached hydrogens (tertiary/aromatic N) is 1. The summed E-state index contributed by atoms with van der Waals surface area (Å²) >= 11 is 0. The van der Waals surface area contributed by atoms with Gasteiger partial charge in [0.25, 0.3) is 0 Å². The van der Waals surface area contributed by atoms with E-state index in [0.717, 1.165) is 56.9 Å². The Kier molecular flexibility index (Phi) is 6.90. The maximum absolute atomic E-state index is 13.1. The van der Waals surface area contributed by atoms with Gasteiger partial charge in [0.15, 0.2) is 0 Å². The highest BCUT2D eigenvalue weighted by Gasteiger charge is 2.55. The van der Waals surface area contributed by atoms with Crippen LogP contribution in [-0.4, -0.2) is 47.5 Å². The van der Waals surface area contributed by atoms with E-state index in [1.807, 2.05) is 30.3 Å². The Balaban J connectivity index is 1.92. The highest BCUT2D eigenvalue weighted by molar-refractivity contribution is 5.84. The lowest BCUT2D eigenvalue weighted by molar-refractivity contribution is -0.246. The van der Waals surface area contributed by atoms with Crippen molar-refractivity contribution in [2.45, 2.75) is 62.8 Å². The van der Waals surface area contributed by atoms with E-state index in [9.17, 15) is 15.2 Å². The van der Waals surface area contributed by atoms with Crippen molar-refractivity contribution in [3.05, 3.63) is 35.9 Å². The summed E-state index contributed by atoms with van der Waals surface area (Å²) in [7, 11) is 2.06. The highest BCUT2D eigenvalue weighted by Crippen LogP contribution is 2.52. The number of carbonyl (C=O) groups excluding carboxylic acids is 1. The molecular weight excluding hydrogens is 342 g/mol. The second-order valence-corrected chi connectivity index (χ2v) is 8.30. The third-order valence-electron chi connectivity index (χ3n) is 7.09. The number of aliphatic hydroxyl groups excluding tert-OH is 1. The molecule has 1 aromatic carbocycles. The molecule has 2 N–H and O–H groups in total. The molecule has 2 fully saturated rings. The third-order valence-corrected chi connectivity index (χ3v) is 7.09. The average molecular weight is 376 g/mol. The van der Waals surface area contributed by atoms with Crippen molar-refractivity contribution in [2.24, 2.45) is 11.8 Å². The van der Waals surface area contributed by atoms with Gasteiger partial charge in [0.2, 0.25) is 0 Å². The van der Waals surface area contributed by atoms with Crippen LogP contribution in [-0.2, 0) is 15.1 Å². The lowest BCUT2D eigenvalue weighted by atomic mass is 9.57. The van der Waals surface area contributed by atoms with Gasteiger partial charge in [0, 0.05) is 12.6 Å². The molecule has 0 spiro atoms. The number of hydrogen-bond donors (Lipinski definition) is 2. The van der Waals surface area contributed by atoms with Crippen molar-refractivity contribution in [3.63, 3.8) is 0 Å². The lowest BCUT2D eigenvalue weighted by Crippen LogP contribution is -2.51. The molecule has 3 rings (SSSR count). The molecule has 2 aliphatic rings. The Labute approximate surface area is 162 Å². The van der Waals surface area contributed by atoms with Crippen molar-refractivity contribution in [3.8, 4) is 0 Å². The van der Waals surface area contributed by atoms with E-state index in [0.29, 0.717) is 12.6 Å². The first kappa shape index (κ1) is 20.3. The molecule has 0 amide bonds. The summed E-state index contributed by atoms with van der Waals surface area (Å²) in [4.78, 5) is 19.8.